The molecule has 1 aromatic carbocycles. The van der Waals surface area contributed by atoms with Gasteiger partial charge in [-0.05, 0) is 19.1 Å². The predicted octanol–water partition coefficient (Wildman–Crippen LogP) is 2.89. The van der Waals surface area contributed by atoms with Gasteiger partial charge in [0.05, 0.1) is 17.7 Å². The number of hydrogen-bond donors (Lipinski definition) is 0. The summed E-state index contributed by atoms with van der Waals surface area (Å²) in [7, 11) is 1.45. The molecule has 1 heterocycles. The van der Waals surface area contributed by atoms with Crippen LogP contribution < -0.4 is 0 Å². The standard InChI is InChI=1S/C12H11F3N2O2S/c1-12(14,20-15)11-17(2)10(16-19-11)7-3-4-8(6-18)9(13)5-7/h3-6,11H,1-2H3. The van der Waals surface area contributed by atoms with Gasteiger partial charge in [-0.2, -0.15) is 3.89 Å². The Morgan fingerprint density at radius 2 is 2.25 bits per heavy atom. The number of carbonyl (C=O) groups excluding carboxylic acids is 1. The first-order valence-electron chi connectivity index (χ1n) is 5.61. The second kappa shape index (κ2) is 5.35. The highest BCUT2D eigenvalue weighted by molar-refractivity contribution is 7.95. The van der Waals surface area contributed by atoms with Crippen molar-refractivity contribution in [3.05, 3.63) is 35.1 Å². The molecule has 2 atom stereocenters. The summed E-state index contributed by atoms with van der Waals surface area (Å²) in [6, 6.07) is 3.81. The highest BCUT2D eigenvalue weighted by Gasteiger charge is 2.46. The van der Waals surface area contributed by atoms with Crippen LogP contribution in [-0.4, -0.2) is 35.3 Å². The summed E-state index contributed by atoms with van der Waals surface area (Å²) >= 11 is -0.493. The molecule has 0 amide bonds. The van der Waals surface area contributed by atoms with Crippen molar-refractivity contribution in [2.24, 2.45) is 5.16 Å². The zero-order valence-corrected chi connectivity index (χ0v) is 11.5. The van der Waals surface area contributed by atoms with Gasteiger partial charge in [-0.1, -0.05) is 11.2 Å². The molecule has 0 N–H and O–H groups in total. The van der Waals surface area contributed by atoms with Gasteiger partial charge in [0, 0.05) is 12.6 Å². The first-order chi connectivity index (χ1) is 9.40. The Hall–Kier alpha value is -1.70. The Balaban J connectivity index is 2.27. The SMILES string of the molecule is CN1C(c2ccc(C=O)c(F)c2)=NOC1C(C)(F)SF. The molecule has 0 aliphatic carbocycles. The number of alkyl halides is 1. The summed E-state index contributed by atoms with van der Waals surface area (Å²) in [5.74, 6) is -0.566. The van der Waals surface area contributed by atoms with Crippen LogP contribution >= 0.6 is 12.1 Å². The minimum absolute atomic E-state index is 0.0953. The van der Waals surface area contributed by atoms with E-state index in [1.54, 1.807) is 0 Å². The van der Waals surface area contributed by atoms with E-state index in [9.17, 15) is 17.5 Å². The van der Waals surface area contributed by atoms with E-state index in [-0.39, 0.29) is 11.4 Å². The van der Waals surface area contributed by atoms with Crippen molar-refractivity contribution in [3.8, 4) is 0 Å². The molecule has 0 bridgehead atoms. The van der Waals surface area contributed by atoms with Gasteiger partial charge in [-0.3, -0.25) is 4.79 Å². The Morgan fingerprint density at radius 3 is 2.80 bits per heavy atom. The van der Waals surface area contributed by atoms with E-state index in [0.717, 1.165) is 13.0 Å². The zero-order valence-electron chi connectivity index (χ0n) is 10.6. The summed E-state index contributed by atoms with van der Waals surface area (Å²) in [4.78, 5) is 16.7. The van der Waals surface area contributed by atoms with Crippen molar-refractivity contribution in [2.75, 3.05) is 7.05 Å². The van der Waals surface area contributed by atoms with Crippen molar-refractivity contribution in [3.63, 3.8) is 0 Å². The second-order valence-electron chi connectivity index (χ2n) is 4.40. The van der Waals surface area contributed by atoms with Crippen molar-refractivity contribution in [2.45, 2.75) is 18.2 Å². The lowest BCUT2D eigenvalue weighted by molar-refractivity contribution is -0.0454. The van der Waals surface area contributed by atoms with Crippen molar-refractivity contribution < 1.29 is 22.3 Å². The lowest BCUT2D eigenvalue weighted by Gasteiger charge is -2.27. The Kier molecular flexibility index (Phi) is 3.94. The van der Waals surface area contributed by atoms with Crippen LogP contribution in [0.15, 0.2) is 23.4 Å². The zero-order chi connectivity index (χ0) is 14.9. The van der Waals surface area contributed by atoms with E-state index in [4.69, 9.17) is 4.84 Å². The van der Waals surface area contributed by atoms with Crippen LogP contribution in [0.1, 0.15) is 22.8 Å². The molecule has 0 saturated carbocycles. The Bertz CT molecular complexity index is 566. The normalized spacial score (nSPS) is 21.1. The van der Waals surface area contributed by atoms with Crippen LogP contribution in [0.4, 0.5) is 12.7 Å². The number of benzene rings is 1. The van der Waals surface area contributed by atoms with Gasteiger partial charge < -0.3 is 9.74 Å². The number of carbonyl (C=O) groups is 1. The lowest BCUT2D eigenvalue weighted by Crippen LogP contribution is -2.44. The fraction of sp³-hybridized carbons (Fsp3) is 0.333. The summed E-state index contributed by atoms with van der Waals surface area (Å²) in [6.07, 6.45) is -0.877. The second-order valence-corrected chi connectivity index (χ2v) is 5.35. The quantitative estimate of drug-likeness (QED) is 0.802. The van der Waals surface area contributed by atoms with Gasteiger partial charge >= 0.3 is 0 Å². The van der Waals surface area contributed by atoms with E-state index in [2.05, 4.69) is 5.16 Å². The molecule has 108 valence electrons. The maximum absolute atomic E-state index is 13.9. The van der Waals surface area contributed by atoms with Crippen LogP contribution in [0.2, 0.25) is 0 Å². The largest absolute Gasteiger partial charge is 0.364 e. The molecule has 1 aromatic rings. The fourth-order valence-electron chi connectivity index (χ4n) is 1.84. The number of aldehydes is 1. The van der Waals surface area contributed by atoms with Gasteiger partial charge in [0.2, 0.25) is 11.2 Å². The van der Waals surface area contributed by atoms with Crippen LogP contribution in [-0.2, 0) is 4.84 Å². The molecule has 2 unspecified atom stereocenters. The van der Waals surface area contributed by atoms with Gasteiger partial charge in [0.1, 0.15) is 5.82 Å². The summed E-state index contributed by atoms with van der Waals surface area (Å²) < 4.78 is 40.0. The smallest absolute Gasteiger partial charge is 0.247 e. The summed E-state index contributed by atoms with van der Waals surface area (Å²) in [5.41, 5.74) is 0.208. The fourth-order valence-corrected chi connectivity index (χ4v) is 2.12. The molecule has 1 aliphatic heterocycles. The first-order valence-corrected chi connectivity index (χ1v) is 6.33. The van der Waals surface area contributed by atoms with E-state index in [1.165, 1.54) is 24.1 Å². The average Bonchev–Trinajstić information content (AvgIpc) is 2.81. The van der Waals surface area contributed by atoms with Crippen molar-refractivity contribution >= 4 is 24.3 Å². The Morgan fingerprint density at radius 1 is 1.55 bits per heavy atom. The average molecular weight is 304 g/mol. The monoisotopic (exact) mass is 304 g/mol. The van der Waals surface area contributed by atoms with Gasteiger partial charge in [-0.15, -0.1) is 0 Å². The molecule has 0 spiro atoms. The van der Waals surface area contributed by atoms with Crippen LogP contribution in [0, 0.1) is 5.82 Å². The molecule has 1 aliphatic rings. The highest BCUT2D eigenvalue weighted by Crippen LogP contribution is 2.37. The molecule has 0 fully saturated rings. The number of halogens is 3. The molecule has 20 heavy (non-hydrogen) atoms. The van der Waals surface area contributed by atoms with Crippen molar-refractivity contribution in [1.82, 2.24) is 4.90 Å². The maximum Gasteiger partial charge on any atom is 0.247 e. The lowest BCUT2D eigenvalue weighted by atomic mass is 10.1. The third kappa shape index (κ3) is 2.47. The molecular weight excluding hydrogens is 293 g/mol. The van der Waals surface area contributed by atoms with Crippen LogP contribution in [0.5, 0.6) is 0 Å². The predicted molar refractivity (Wildman–Crippen MR) is 69.2 cm³/mol. The van der Waals surface area contributed by atoms with Gasteiger partial charge in [-0.25, -0.2) is 8.78 Å². The third-order valence-corrected chi connectivity index (χ3v) is 3.41. The molecule has 8 heteroatoms. The molecule has 0 saturated heterocycles. The number of amidine groups is 1. The minimum atomic E-state index is -2.32. The van der Waals surface area contributed by atoms with E-state index in [0.29, 0.717) is 11.8 Å². The molecule has 0 radical (unpaired) electrons. The number of oxime groups is 1. The summed E-state index contributed by atoms with van der Waals surface area (Å²) in [6.45, 7) is 1.02. The topological polar surface area (TPSA) is 41.9 Å². The molecule has 4 nitrogen and oxygen atoms in total. The Labute approximate surface area is 117 Å². The first kappa shape index (κ1) is 14.7. The van der Waals surface area contributed by atoms with E-state index >= 15 is 0 Å². The number of nitrogens with zero attached hydrogens (tertiary/aromatic N) is 2. The highest BCUT2D eigenvalue weighted by atomic mass is 32.2. The number of hydrogen-bond acceptors (Lipinski definition) is 5. The third-order valence-electron chi connectivity index (χ3n) is 2.90. The minimum Gasteiger partial charge on any atom is -0.364 e. The number of rotatable bonds is 4. The van der Waals surface area contributed by atoms with Gasteiger partial charge in [0.25, 0.3) is 0 Å². The van der Waals surface area contributed by atoms with E-state index < -0.39 is 29.2 Å². The van der Waals surface area contributed by atoms with Crippen LogP contribution in [0.25, 0.3) is 0 Å². The van der Waals surface area contributed by atoms with E-state index in [1.807, 2.05) is 0 Å². The molecule has 0 aromatic heterocycles. The summed E-state index contributed by atoms with van der Waals surface area (Å²) in [5, 5.41) is 1.33. The van der Waals surface area contributed by atoms with Crippen molar-refractivity contribution in [1.29, 1.82) is 0 Å². The van der Waals surface area contributed by atoms with Gasteiger partial charge in [0.15, 0.2) is 12.1 Å². The van der Waals surface area contributed by atoms with Crippen LogP contribution in [0.3, 0.4) is 0 Å². The maximum atomic E-state index is 13.9. The molecular formula is C12H11F3N2O2S. The molecule has 2 rings (SSSR count).